The van der Waals surface area contributed by atoms with Crippen LogP contribution in [0.2, 0.25) is 0 Å². The molecule has 0 bridgehead atoms. The summed E-state index contributed by atoms with van der Waals surface area (Å²) in [4.78, 5) is 6.30. The van der Waals surface area contributed by atoms with E-state index in [1.165, 1.54) is 0 Å². The molecular weight excluding hydrogens is 232 g/mol. The van der Waals surface area contributed by atoms with Gasteiger partial charge < -0.3 is 19.5 Å². The van der Waals surface area contributed by atoms with Crippen molar-refractivity contribution < 1.29 is 14.6 Å². The molecule has 1 N–H and O–H groups in total. The predicted molar refractivity (Wildman–Crippen MR) is 69.1 cm³/mol. The Bertz CT molecular complexity index is 392. The van der Waals surface area contributed by atoms with Gasteiger partial charge in [-0.25, -0.2) is 0 Å². The van der Waals surface area contributed by atoms with Crippen molar-refractivity contribution in [2.75, 3.05) is 38.8 Å². The molecule has 5 heteroatoms. The zero-order chi connectivity index (χ0) is 13.0. The molecule has 2 heterocycles. The lowest BCUT2D eigenvalue weighted by atomic mass is 9.94. The first-order valence-corrected chi connectivity index (χ1v) is 6.15. The second-order valence-electron chi connectivity index (χ2n) is 4.73. The van der Waals surface area contributed by atoms with Crippen molar-refractivity contribution in [3.63, 3.8) is 0 Å². The summed E-state index contributed by atoms with van der Waals surface area (Å²) in [6.07, 6.45) is 1.34. The summed E-state index contributed by atoms with van der Waals surface area (Å²) in [6.45, 7) is 1.79. The molecule has 1 aromatic heterocycles. The molecule has 0 unspecified atom stereocenters. The number of nitrogens with zero attached hydrogens (tertiary/aromatic N) is 2. The minimum atomic E-state index is -0.683. The smallest absolute Gasteiger partial charge is 0.214 e. The molecule has 1 aliphatic heterocycles. The number of aliphatic hydroxyl groups is 1. The normalized spacial score (nSPS) is 18.4. The largest absolute Gasteiger partial charge is 0.481 e. The van der Waals surface area contributed by atoms with Gasteiger partial charge in [0.1, 0.15) is 5.82 Å². The van der Waals surface area contributed by atoms with E-state index >= 15 is 0 Å². The van der Waals surface area contributed by atoms with Gasteiger partial charge in [0.05, 0.1) is 12.7 Å². The van der Waals surface area contributed by atoms with Crippen LogP contribution in [-0.4, -0.2) is 49.6 Å². The number of rotatable bonds is 4. The Morgan fingerprint density at radius 2 is 2.17 bits per heavy atom. The monoisotopic (exact) mass is 252 g/mol. The molecular formula is C13H20N2O3. The van der Waals surface area contributed by atoms with Crippen LogP contribution in [0.1, 0.15) is 12.8 Å². The Labute approximate surface area is 107 Å². The standard InChI is InChI=1S/C13H20N2O3/c1-15(10-13(16)6-8-18-9-7-13)11-4-3-5-12(14-11)17-2/h3-5,16H,6-10H2,1-2H3. The molecule has 0 amide bonds. The molecule has 0 radical (unpaired) electrons. The Hall–Kier alpha value is -1.33. The summed E-state index contributed by atoms with van der Waals surface area (Å²) in [5, 5.41) is 10.4. The third-order valence-corrected chi connectivity index (χ3v) is 3.26. The fraction of sp³-hybridized carbons (Fsp3) is 0.615. The molecule has 0 aromatic carbocycles. The van der Waals surface area contributed by atoms with Gasteiger partial charge in [-0.3, -0.25) is 0 Å². The van der Waals surface area contributed by atoms with Crippen LogP contribution in [0.4, 0.5) is 5.82 Å². The number of methoxy groups -OCH3 is 1. The molecule has 18 heavy (non-hydrogen) atoms. The summed E-state index contributed by atoms with van der Waals surface area (Å²) < 4.78 is 10.4. The average molecular weight is 252 g/mol. The fourth-order valence-corrected chi connectivity index (χ4v) is 2.16. The van der Waals surface area contributed by atoms with Crippen LogP contribution in [0, 0.1) is 0 Å². The fourth-order valence-electron chi connectivity index (χ4n) is 2.16. The van der Waals surface area contributed by atoms with Crippen LogP contribution >= 0.6 is 0 Å². The molecule has 5 nitrogen and oxygen atoms in total. The highest BCUT2D eigenvalue weighted by atomic mass is 16.5. The van der Waals surface area contributed by atoms with Gasteiger partial charge in [-0.1, -0.05) is 6.07 Å². The molecule has 0 saturated carbocycles. The molecule has 1 fully saturated rings. The van der Waals surface area contributed by atoms with E-state index in [0.29, 0.717) is 38.5 Å². The van der Waals surface area contributed by atoms with Gasteiger partial charge in [0.2, 0.25) is 5.88 Å². The van der Waals surface area contributed by atoms with Crippen LogP contribution in [0.3, 0.4) is 0 Å². The van der Waals surface area contributed by atoms with Gasteiger partial charge in [0, 0.05) is 45.7 Å². The first-order valence-electron chi connectivity index (χ1n) is 6.15. The number of hydrogen-bond donors (Lipinski definition) is 1. The van der Waals surface area contributed by atoms with Gasteiger partial charge in [-0.2, -0.15) is 4.98 Å². The first-order chi connectivity index (χ1) is 8.63. The second-order valence-corrected chi connectivity index (χ2v) is 4.73. The van der Waals surface area contributed by atoms with Crippen molar-refractivity contribution in [2.24, 2.45) is 0 Å². The highest BCUT2D eigenvalue weighted by Gasteiger charge is 2.31. The predicted octanol–water partition coefficient (Wildman–Crippen LogP) is 1.07. The van der Waals surface area contributed by atoms with Gasteiger partial charge in [0.15, 0.2) is 0 Å². The van der Waals surface area contributed by atoms with Crippen molar-refractivity contribution in [3.05, 3.63) is 18.2 Å². The van der Waals surface area contributed by atoms with Crippen molar-refractivity contribution in [1.82, 2.24) is 4.98 Å². The van der Waals surface area contributed by atoms with Crippen LogP contribution in [-0.2, 0) is 4.74 Å². The molecule has 100 valence electrons. The minimum Gasteiger partial charge on any atom is -0.481 e. The maximum absolute atomic E-state index is 10.4. The lowest BCUT2D eigenvalue weighted by Gasteiger charge is -2.35. The third-order valence-electron chi connectivity index (χ3n) is 3.26. The number of aromatic nitrogens is 1. The highest BCUT2D eigenvalue weighted by molar-refractivity contribution is 5.40. The molecule has 1 aromatic rings. The highest BCUT2D eigenvalue weighted by Crippen LogP contribution is 2.23. The number of anilines is 1. The van der Waals surface area contributed by atoms with E-state index in [1.807, 2.05) is 24.1 Å². The summed E-state index contributed by atoms with van der Waals surface area (Å²) >= 11 is 0. The average Bonchev–Trinajstić information content (AvgIpc) is 2.39. The van der Waals surface area contributed by atoms with Crippen molar-refractivity contribution in [3.8, 4) is 5.88 Å². The lowest BCUT2D eigenvalue weighted by Crippen LogP contribution is -2.46. The third kappa shape index (κ3) is 3.11. The van der Waals surface area contributed by atoms with Crippen molar-refractivity contribution in [2.45, 2.75) is 18.4 Å². The summed E-state index contributed by atoms with van der Waals surface area (Å²) in [5.74, 6) is 1.38. The van der Waals surface area contributed by atoms with Crippen molar-refractivity contribution >= 4 is 5.82 Å². The summed E-state index contributed by atoms with van der Waals surface area (Å²) in [6, 6.07) is 5.61. The van der Waals surface area contributed by atoms with E-state index in [1.54, 1.807) is 13.2 Å². The maximum atomic E-state index is 10.4. The molecule has 1 saturated heterocycles. The van der Waals surface area contributed by atoms with Crippen LogP contribution < -0.4 is 9.64 Å². The quantitative estimate of drug-likeness (QED) is 0.868. The number of hydrogen-bond acceptors (Lipinski definition) is 5. The van der Waals surface area contributed by atoms with Crippen LogP contribution in [0.25, 0.3) is 0 Å². The Balaban J connectivity index is 2.03. The molecule has 0 aliphatic carbocycles. The molecule has 1 aliphatic rings. The Kier molecular flexibility index (Phi) is 4.04. The molecule has 0 atom stereocenters. The lowest BCUT2D eigenvalue weighted by molar-refractivity contribution is -0.0573. The van der Waals surface area contributed by atoms with E-state index in [9.17, 15) is 5.11 Å². The van der Waals surface area contributed by atoms with Gasteiger partial charge in [-0.15, -0.1) is 0 Å². The van der Waals surface area contributed by atoms with E-state index in [4.69, 9.17) is 9.47 Å². The van der Waals surface area contributed by atoms with Gasteiger partial charge in [-0.05, 0) is 6.07 Å². The van der Waals surface area contributed by atoms with Gasteiger partial charge in [0.25, 0.3) is 0 Å². The minimum absolute atomic E-state index is 0.552. The molecule has 0 spiro atoms. The van der Waals surface area contributed by atoms with Crippen LogP contribution in [0.5, 0.6) is 5.88 Å². The number of ether oxygens (including phenoxy) is 2. The summed E-state index contributed by atoms with van der Waals surface area (Å²) in [5.41, 5.74) is -0.683. The zero-order valence-corrected chi connectivity index (χ0v) is 10.9. The van der Waals surface area contributed by atoms with Crippen LogP contribution in [0.15, 0.2) is 18.2 Å². The Morgan fingerprint density at radius 3 is 2.83 bits per heavy atom. The van der Waals surface area contributed by atoms with E-state index in [-0.39, 0.29) is 0 Å². The topological polar surface area (TPSA) is 54.8 Å². The maximum Gasteiger partial charge on any atom is 0.214 e. The van der Waals surface area contributed by atoms with Crippen molar-refractivity contribution in [1.29, 1.82) is 0 Å². The molecule has 2 rings (SSSR count). The Morgan fingerprint density at radius 1 is 1.44 bits per heavy atom. The zero-order valence-electron chi connectivity index (χ0n) is 10.9. The first kappa shape index (κ1) is 13.1. The van der Waals surface area contributed by atoms with Gasteiger partial charge >= 0.3 is 0 Å². The number of pyridine rings is 1. The van der Waals surface area contributed by atoms with E-state index in [2.05, 4.69) is 4.98 Å². The van der Waals surface area contributed by atoms with E-state index < -0.39 is 5.60 Å². The SMILES string of the molecule is COc1cccc(N(C)CC2(O)CCOCC2)n1. The van der Waals surface area contributed by atoms with E-state index in [0.717, 1.165) is 5.82 Å². The summed E-state index contributed by atoms with van der Waals surface area (Å²) in [7, 11) is 3.52. The second kappa shape index (κ2) is 5.54. The number of likely N-dealkylation sites (N-methyl/N-ethyl adjacent to an activating group) is 1.